The van der Waals surface area contributed by atoms with Gasteiger partial charge in [-0.1, -0.05) is 6.07 Å². The Hall–Kier alpha value is -1.42. The Balaban J connectivity index is 1.83. The molecule has 2 rings (SSSR count). The highest BCUT2D eigenvalue weighted by Crippen LogP contribution is 2.33. The van der Waals surface area contributed by atoms with Crippen LogP contribution in [0.1, 0.15) is 24.8 Å². The molecular weight excluding hydrogens is 216 g/mol. The number of rotatable bonds is 6. The molecule has 0 aromatic carbocycles. The van der Waals surface area contributed by atoms with Crippen LogP contribution in [0.2, 0.25) is 0 Å². The van der Waals surface area contributed by atoms with Crippen LogP contribution in [0.25, 0.3) is 0 Å². The Morgan fingerprint density at radius 2 is 2.41 bits per heavy atom. The first-order chi connectivity index (χ1) is 8.29. The predicted molar refractivity (Wildman–Crippen MR) is 64.3 cm³/mol. The maximum atomic E-state index is 11.8. The highest BCUT2D eigenvalue weighted by molar-refractivity contribution is 5.78. The number of aromatic nitrogens is 1. The fourth-order valence-corrected chi connectivity index (χ4v) is 2.01. The Bertz CT molecular complexity index is 363. The number of amides is 1. The summed E-state index contributed by atoms with van der Waals surface area (Å²) in [5.41, 5.74) is 0.920. The van der Waals surface area contributed by atoms with Gasteiger partial charge in [-0.3, -0.25) is 9.78 Å². The van der Waals surface area contributed by atoms with E-state index in [1.807, 2.05) is 12.1 Å². The standard InChI is InChI=1S/C13H18N2O2/c16-7-5-12(11-3-4-11)15-13(17)8-10-2-1-6-14-9-10/h1-2,6,9,11-12,16H,3-5,7-8H2,(H,15,17). The first kappa shape index (κ1) is 12.0. The van der Waals surface area contributed by atoms with E-state index in [-0.39, 0.29) is 18.6 Å². The summed E-state index contributed by atoms with van der Waals surface area (Å²) in [5.74, 6) is 0.586. The van der Waals surface area contributed by atoms with Crippen molar-refractivity contribution >= 4 is 5.91 Å². The average Bonchev–Trinajstić information content (AvgIpc) is 3.13. The number of pyridine rings is 1. The lowest BCUT2D eigenvalue weighted by atomic mass is 10.1. The van der Waals surface area contributed by atoms with Crippen LogP contribution in [0.4, 0.5) is 0 Å². The first-order valence-corrected chi connectivity index (χ1v) is 6.08. The van der Waals surface area contributed by atoms with Crippen LogP contribution in [0.3, 0.4) is 0 Å². The van der Waals surface area contributed by atoms with E-state index in [9.17, 15) is 4.79 Å². The van der Waals surface area contributed by atoms with Crippen LogP contribution in [0, 0.1) is 5.92 Å². The lowest BCUT2D eigenvalue weighted by molar-refractivity contribution is -0.121. The number of hydrogen-bond donors (Lipinski definition) is 2. The van der Waals surface area contributed by atoms with Gasteiger partial charge in [0.15, 0.2) is 0 Å². The average molecular weight is 234 g/mol. The highest BCUT2D eigenvalue weighted by atomic mass is 16.3. The summed E-state index contributed by atoms with van der Waals surface area (Å²) in [6.45, 7) is 0.133. The van der Waals surface area contributed by atoms with Gasteiger partial charge in [-0.15, -0.1) is 0 Å². The fourth-order valence-electron chi connectivity index (χ4n) is 2.01. The van der Waals surface area contributed by atoms with Crippen molar-refractivity contribution in [1.29, 1.82) is 0 Å². The van der Waals surface area contributed by atoms with E-state index in [1.165, 1.54) is 0 Å². The molecule has 2 N–H and O–H groups in total. The molecule has 0 aliphatic heterocycles. The molecule has 1 aliphatic rings. The van der Waals surface area contributed by atoms with Crippen molar-refractivity contribution in [2.75, 3.05) is 6.61 Å². The normalized spacial score (nSPS) is 16.5. The molecule has 0 spiro atoms. The van der Waals surface area contributed by atoms with Gasteiger partial charge in [0.05, 0.1) is 6.42 Å². The zero-order valence-corrected chi connectivity index (χ0v) is 9.80. The van der Waals surface area contributed by atoms with Gasteiger partial charge in [-0.05, 0) is 36.8 Å². The molecule has 1 saturated carbocycles. The fraction of sp³-hybridized carbons (Fsp3) is 0.538. The summed E-state index contributed by atoms with van der Waals surface area (Å²) in [5, 5.41) is 12.0. The van der Waals surface area contributed by atoms with Crippen molar-refractivity contribution < 1.29 is 9.90 Å². The van der Waals surface area contributed by atoms with Gasteiger partial charge in [0.1, 0.15) is 0 Å². The van der Waals surface area contributed by atoms with E-state index >= 15 is 0 Å². The van der Waals surface area contributed by atoms with Gasteiger partial charge in [0.25, 0.3) is 0 Å². The van der Waals surface area contributed by atoms with Gasteiger partial charge in [-0.25, -0.2) is 0 Å². The van der Waals surface area contributed by atoms with Crippen molar-refractivity contribution in [2.45, 2.75) is 31.7 Å². The summed E-state index contributed by atoms with van der Waals surface area (Å²) >= 11 is 0. The minimum Gasteiger partial charge on any atom is -0.396 e. The molecule has 17 heavy (non-hydrogen) atoms. The lowest BCUT2D eigenvalue weighted by Gasteiger charge is -2.17. The number of carbonyl (C=O) groups is 1. The summed E-state index contributed by atoms with van der Waals surface area (Å²) in [4.78, 5) is 15.8. The third-order valence-corrected chi connectivity index (χ3v) is 3.07. The van der Waals surface area contributed by atoms with E-state index in [0.29, 0.717) is 18.8 Å². The van der Waals surface area contributed by atoms with Gasteiger partial charge in [-0.2, -0.15) is 0 Å². The van der Waals surface area contributed by atoms with Gasteiger partial charge < -0.3 is 10.4 Å². The van der Waals surface area contributed by atoms with Crippen LogP contribution in [-0.4, -0.2) is 28.6 Å². The molecule has 1 amide bonds. The van der Waals surface area contributed by atoms with Gasteiger partial charge >= 0.3 is 0 Å². The molecule has 0 bridgehead atoms. The smallest absolute Gasteiger partial charge is 0.224 e. The van der Waals surface area contributed by atoms with Crippen molar-refractivity contribution in [1.82, 2.24) is 10.3 Å². The summed E-state index contributed by atoms with van der Waals surface area (Å²) in [6.07, 6.45) is 6.75. The molecule has 92 valence electrons. The zero-order chi connectivity index (χ0) is 12.1. The second-order valence-electron chi connectivity index (χ2n) is 4.56. The molecule has 1 unspecified atom stereocenters. The minimum absolute atomic E-state index is 0.0170. The quantitative estimate of drug-likeness (QED) is 0.768. The van der Waals surface area contributed by atoms with Crippen LogP contribution < -0.4 is 5.32 Å². The van der Waals surface area contributed by atoms with Crippen LogP contribution in [0.15, 0.2) is 24.5 Å². The lowest BCUT2D eigenvalue weighted by Crippen LogP contribution is -2.38. The second-order valence-corrected chi connectivity index (χ2v) is 4.56. The highest BCUT2D eigenvalue weighted by Gasteiger charge is 2.31. The van der Waals surface area contributed by atoms with Crippen molar-refractivity contribution in [3.8, 4) is 0 Å². The molecule has 1 aliphatic carbocycles. The zero-order valence-electron chi connectivity index (χ0n) is 9.80. The number of nitrogens with zero attached hydrogens (tertiary/aromatic N) is 1. The first-order valence-electron chi connectivity index (χ1n) is 6.08. The number of carbonyl (C=O) groups excluding carboxylic acids is 1. The molecule has 4 nitrogen and oxygen atoms in total. The van der Waals surface area contributed by atoms with Crippen LogP contribution in [-0.2, 0) is 11.2 Å². The minimum atomic E-state index is 0.0170. The molecule has 1 atom stereocenters. The van der Waals surface area contributed by atoms with E-state index in [4.69, 9.17) is 5.11 Å². The molecular formula is C13H18N2O2. The van der Waals surface area contributed by atoms with Gasteiger partial charge in [0, 0.05) is 25.0 Å². The molecule has 1 aromatic rings. The predicted octanol–water partition coefficient (Wildman–Crippen LogP) is 0.901. The van der Waals surface area contributed by atoms with E-state index in [0.717, 1.165) is 18.4 Å². The van der Waals surface area contributed by atoms with E-state index in [2.05, 4.69) is 10.3 Å². The summed E-state index contributed by atoms with van der Waals surface area (Å²) in [7, 11) is 0. The Morgan fingerprint density at radius 1 is 1.59 bits per heavy atom. The maximum Gasteiger partial charge on any atom is 0.224 e. The Kier molecular flexibility index (Phi) is 4.09. The van der Waals surface area contributed by atoms with Crippen LogP contribution >= 0.6 is 0 Å². The Morgan fingerprint density at radius 3 is 3.00 bits per heavy atom. The monoisotopic (exact) mass is 234 g/mol. The van der Waals surface area contributed by atoms with Crippen LogP contribution in [0.5, 0.6) is 0 Å². The summed E-state index contributed by atoms with van der Waals surface area (Å²) in [6, 6.07) is 3.86. The topological polar surface area (TPSA) is 62.2 Å². The number of hydrogen-bond acceptors (Lipinski definition) is 3. The largest absolute Gasteiger partial charge is 0.396 e. The molecule has 1 fully saturated rings. The van der Waals surface area contributed by atoms with E-state index < -0.39 is 0 Å². The van der Waals surface area contributed by atoms with Gasteiger partial charge in [0.2, 0.25) is 5.91 Å². The van der Waals surface area contributed by atoms with Crippen molar-refractivity contribution in [2.24, 2.45) is 5.92 Å². The third kappa shape index (κ3) is 3.82. The molecule has 0 radical (unpaired) electrons. The maximum absolute atomic E-state index is 11.8. The number of aliphatic hydroxyl groups is 1. The number of aliphatic hydroxyl groups excluding tert-OH is 1. The second kappa shape index (κ2) is 5.77. The molecule has 1 heterocycles. The van der Waals surface area contributed by atoms with Crippen molar-refractivity contribution in [3.63, 3.8) is 0 Å². The summed E-state index contributed by atoms with van der Waals surface area (Å²) < 4.78 is 0. The third-order valence-electron chi connectivity index (χ3n) is 3.07. The molecule has 0 saturated heterocycles. The Labute approximate surface area is 101 Å². The number of nitrogens with one attached hydrogen (secondary N) is 1. The van der Waals surface area contributed by atoms with Crippen molar-refractivity contribution in [3.05, 3.63) is 30.1 Å². The molecule has 1 aromatic heterocycles. The van der Waals surface area contributed by atoms with E-state index in [1.54, 1.807) is 12.4 Å². The SMILES string of the molecule is O=C(Cc1cccnc1)NC(CCO)C1CC1. The molecule has 4 heteroatoms.